The summed E-state index contributed by atoms with van der Waals surface area (Å²) >= 11 is 6.31. The number of tetrazole rings is 1. The minimum absolute atomic E-state index is 0.0460. The number of hydrogen-bond donors (Lipinski definition) is 2. The second-order valence-corrected chi connectivity index (χ2v) is 15.3. The minimum atomic E-state index is -5.39. The Bertz CT molecular complexity index is 2550. The van der Waals surface area contributed by atoms with Crippen LogP contribution < -0.4 is 15.1 Å². The van der Waals surface area contributed by atoms with Gasteiger partial charge in [0.2, 0.25) is 11.8 Å². The molecule has 5 heterocycles. The molecule has 18 nitrogen and oxygen atoms in total. The van der Waals surface area contributed by atoms with Crippen molar-refractivity contribution in [1.29, 1.82) is 0 Å². The number of aromatic amines is 1. The smallest absolute Gasteiger partial charge is 0.382 e. The highest BCUT2D eigenvalue weighted by molar-refractivity contribution is 6.41. The molecule has 2 aromatic heterocycles. The van der Waals surface area contributed by atoms with Crippen molar-refractivity contribution in [2.24, 2.45) is 5.92 Å². The third kappa shape index (κ3) is 8.99. The van der Waals surface area contributed by atoms with Crippen molar-refractivity contribution >= 4 is 75.1 Å². The van der Waals surface area contributed by atoms with E-state index < -0.39 is 47.6 Å². The summed E-state index contributed by atoms with van der Waals surface area (Å²) in [5.41, 5.74) is 1.90. The molecule has 4 amide bonds. The van der Waals surface area contributed by atoms with Gasteiger partial charge in [0.25, 0.3) is 0 Å². The van der Waals surface area contributed by atoms with Crippen molar-refractivity contribution < 1.29 is 51.4 Å². The van der Waals surface area contributed by atoms with Crippen LogP contribution in [0.3, 0.4) is 0 Å². The third-order valence-electron chi connectivity index (χ3n) is 10.8. The number of esters is 2. The number of anilines is 3. The third-order valence-corrected chi connectivity index (χ3v) is 11.0. The van der Waals surface area contributed by atoms with Crippen molar-refractivity contribution in [1.82, 2.24) is 35.0 Å². The number of halogens is 4. The topological polar surface area (TPSA) is 205 Å². The van der Waals surface area contributed by atoms with Gasteiger partial charge < -0.3 is 34.5 Å². The van der Waals surface area contributed by atoms with Gasteiger partial charge in [-0.15, -0.1) is 5.10 Å². The maximum atomic E-state index is 14.3. The van der Waals surface area contributed by atoms with Crippen molar-refractivity contribution in [2.45, 2.75) is 25.1 Å². The Morgan fingerprint density at radius 1 is 0.935 bits per heavy atom. The molecule has 3 aliphatic rings. The Kier molecular flexibility index (Phi) is 11.7. The molecule has 62 heavy (non-hydrogen) atoms. The number of piperazine rings is 2. The quantitative estimate of drug-likeness (QED) is 0.112. The summed E-state index contributed by atoms with van der Waals surface area (Å²) in [6.07, 6.45) is -3.16. The average Bonchev–Trinajstić information content (AvgIpc) is 4.05. The number of fused-ring (bicyclic) bond motifs is 1. The summed E-state index contributed by atoms with van der Waals surface area (Å²) < 4.78 is 48.8. The van der Waals surface area contributed by atoms with Crippen LogP contribution in [-0.4, -0.2) is 135 Å². The number of hydrogen-bond acceptors (Lipinski definition) is 12. The first-order valence-electron chi connectivity index (χ1n) is 19.3. The van der Waals surface area contributed by atoms with E-state index in [1.165, 1.54) is 45.1 Å². The van der Waals surface area contributed by atoms with E-state index in [1.807, 2.05) is 0 Å². The predicted molar refractivity (Wildman–Crippen MR) is 213 cm³/mol. The maximum absolute atomic E-state index is 14.3. The highest BCUT2D eigenvalue weighted by Gasteiger charge is 2.43. The molecule has 2 atom stereocenters. The molecule has 0 saturated carbocycles. The number of amides is 4. The molecule has 3 saturated heterocycles. The van der Waals surface area contributed by atoms with Gasteiger partial charge >= 0.3 is 29.9 Å². The van der Waals surface area contributed by atoms with Gasteiger partial charge in [0, 0.05) is 73.1 Å². The number of rotatable bonds is 11. The Labute approximate surface area is 354 Å². The Morgan fingerprint density at radius 3 is 2.44 bits per heavy atom. The summed E-state index contributed by atoms with van der Waals surface area (Å²) in [6, 6.07) is 15.9. The predicted octanol–water partition coefficient (Wildman–Crippen LogP) is 3.15. The van der Waals surface area contributed by atoms with Crippen LogP contribution in [0.25, 0.3) is 16.6 Å². The highest BCUT2D eigenvalue weighted by atomic mass is 35.5. The number of benzene rings is 3. The second kappa shape index (κ2) is 17.3. The summed E-state index contributed by atoms with van der Waals surface area (Å²) in [5.74, 6) is -6.52. The van der Waals surface area contributed by atoms with E-state index in [4.69, 9.17) is 16.3 Å². The molecule has 322 valence electrons. The van der Waals surface area contributed by atoms with Crippen LogP contribution >= 0.6 is 11.6 Å². The van der Waals surface area contributed by atoms with Crippen molar-refractivity contribution in [3.05, 3.63) is 89.3 Å². The largest absolute Gasteiger partial charge is 0.491 e. The molecular formula is C40H36ClF3N10O8. The lowest BCUT2D eigenvalue weighted by atomic mass is 10.0. The number of nitrogens with one attached hydrogen (secondary N) is 2. The van der Waals surface area contributed by atoms with Gasteiger partial charge in [-0.3, -0.25) is 24.1 Å². The molecule has 3 aliphatic heterocycles. The summed E-state index contributed by atoms with van der Waals surface area (Å²) in [5, 5.41) is 14.5. The fourth-order valence-corrected chi connectivity index (χ4v) is 7.89. The maximum Gasteiger partial charge on any atom is 0.491 e. The summed E-state index contributed by atoms with van der Waals surface area (Å²) in [7, 11) is 0. The van der Waals surface area contributed by atoms with Crippen molar-refractivity contribution in [3.8, 4) is 5.69 Å². The van der Waals surface area contributed by atoms with Crippen LogP contribution in [-0.2, 0) is 39.9 Å². The van der Waals surface area contributed by atoms with Crippen LogP contribution in [0.5, 0.6) is 0 Å². The number of alkyl halides is 3. The molecule has 0 unspecified atom stereocenters. The number of carbonyl (C=O) groups excluding carboxylic acids is 6. The lowest BCUT2D eigenvalue weighted by Crippen LogP contribution is -2.60. The molecule has 0 bridgehead atoms. The molecule has 0 aliphatic carbocycles. The van der Waals surface area contributed by atoms with Gasteiger partial charge in [0.05, 0.1) is 24.5 Å². The Balaban J connectivity index is 1.02. The van der Waals surface area contributed by atoms with Crippen LogP contribution in [0, 0.1) is 5.92 Å². The lowest BCUT2D eigenvalue weighted by Gasteiger charge is -2.38. The van der Waals surface area contributed by atoms with E-state index in [0.29, 0.717) is 42.6 Å². The van der Waals surface area contributed by atoms with E-state index in [-0.39, 0.29) is 59.3 Å². The SMILES string of the molecule is O=C(OC(=O)C(F)(F)F)c1cc2cc(NC(=O)[C@H](Cc3ccc(N4CCN(C[C@@H]5CCOC5)CC4=O)cc3)N3CCN(c4cc(Cl)ccc4-n4cnnn4)C(=O)C3=O)ccc2[nH]1. The van der Waals surface area contributed by atoms with Crippen LogP contribution in [0.1, 0.15) is 22.5 Å². The zero-order valence-electron chi connectivity index (χ0n) is 32.5. The van der Waals surface area contributed by atoms with E-state index >= 15 is 0 Å². The first-order chi connectivity index (χ1) is 29.7. The van der Waals surface area contributed by atoms with Gasteiger partial charge in [-0.1, -0.05) is 23.7 Å². The number of ether oxygens (including phenoxy) is 2. The highest BCUT2D eigenvalue weighted by Crippen LogP contribution is 2.31. The second-order valence-electron chi connectivity index (χ2n) is 14.9. The summed E-state index contributed by atoms with van der Waals surface area (Å²) in [6.45, 7) is 3.53. The van der Waals surface area contributed by atoms with Gasteiger partial charge in [-0.2, -0.15) is 17.9 Å². The van der Waals surface area contributed by atoms with Gasteiger partial charge in [0.1, 0.15) is 18.1 Å². The molecule has 0 radical (unpaired) electrons. The van der Waals surface area contributed by atoms with E-state index in [0.717, 1.165) is 25.6 Å². The van der Waals surface area contributed by atoms with E-state index in [1.54, 1.807) is 41.3 Å². The standard InChI is InChI=1S/C40H36ClF3N10O8/c41-26-3-8-31(54-22-45-48-49-54)32(18-26)52-12-13-53(37(58)36(52)57)33(15-23-1-5-28(6-2-23)51-11-10-50(20-34(51)55)19-24-9-14-61-21-24)35(56)46-27-4-7-29-25(16-27)17-30(47-29)38(59)62-39(60)40(42,43)44/h1-8,16-18,22,24,33,47H,9-15,19-21H2,(H,46,56)/t24-,33-/m0/s1. The fourth-order valence-electron chi connectivity index (χ4n) is 7.72. The lowest BCUT2D eigenvalue weighted by molar-refractivity contribution is -0.193. The molecule has 2 N–H and O–H groups in total. The van der Waals surface area contributed by atoms with Crippen LogP contribution in [0.2, 0.25) is 5.02 Å². The number of aromatic nitrogens is 5. The zero-order valence-corrected chi connectivity index (χ0v) is 33.3. The molecule has 3 aromatic carbocycles. The van der Waals surface area contributed by atoms with Gasteiger partial charge in [-0.25, -0.2) is 9.59 Å². The van der Waals surface area contributed by atoms with Crippen molar-refractivity contribution in [2.75, 3.05) is 67.6 Å². The number of nitrogens with zero attached hydrogens (tertiary/aromatic N) is 8. The number of carbonyl (C=O) groups is 6. The normalized spacial score (nSPS) is 18.1. The zero-order chi connectivity index (χ0) is 43.7. The molecule has 22 heteroatoms. The van der Waals surface area contributed by atoms with E-state index in [9.17, 15) is 41.9 Å². The van der Waals surface area contributed by atoms with Crippen molar-refractivity contribution in [3.63, 3.8) is 0 Å². The van der Waals surface area contributed by atoms with Crippen LogP contribution in [0.4, 0.5) is 30.2 Å². The minimum Gasteiger partial charge on any atom is -0.382 e. The molecule has 0 spiro atoms. The monoisotopic (exact) mass is 876 g/mol. The Morgan fingerprint density at radius 2 is 1.73 bits per heavy atom. The first kappa shape index (κ1) is 42.0. The molecular weight excluding hydrogens is 841 g/mol. The van der Waals surface area contributed by atoms with Gasteiger partial charge in [0.15, 0.2) is 0 Å². The fraction of sp³-hybridized carbons (Fsp3) is 0.325. The molecule has 3 fully saturated rings. The first-order valence-corrected chi connectivity index (χ1v) is 19.7. The average molecular weight is 877 g/mol. The number of H-pyrrole nitrogens is 1. The Hall–Kier alpha value is -6.71. The van der Waals surface area contributed by atoms with Crippen LogP contribution in [0.15, 0.2) is 73.1 Å². The summed E-state index contributed by atoms with van der Waals surface area (Å²) in [4.78, 5) is 87.8. The van der Waals surface area contributed by atoms with Gasteiger partial charge in [-0.05, 0) is 82.9 Å². The molecule has 5 aromatic rings. The molecule has 8 rings (SSSR count). The van der Waals surface area contributed by atoms with E-state index in [2.05, 4.69) is 35.5 Å².